The van der Waals surface area contributed by atoms with Crippen molar-refractivity contribution in [1.29, 1.82) is 0 Å². The molecule has 3 aliphatic rings. The summed E-state index contributed by atoms with van der Waals surface area (Å²) in [7, 11) is 0. The Morgan fingerprint density at radius 3 is 2.74 bits per heavy atom. The van der Waals surface area contributed by atoms with Crippen molar-refractivity contribution in [2.45, 2.75) is 57.1 Å². The number of nitrogens with one attached hydrogen (secondary N) is 1. The standard InChI is InChI=1S/C17H25N3O2S/c21-17(18-9-14-11-23-16(19-14)13-3-4-13)20-7-5-15(6-8-20)22-10-12-1-2-12/h11-13,15H,1-10H2,(H,18,21). The number of rotatable bonds is 6. The second-order valence-electron chi connectivity index (χ2n) is 7.07. The molecule has 1 aromatic rings. The largest absolute Gasteiger partial charge is 0.378 e. The van der Waals surface area contributed by atoms with Crippen LogP contribution in [-0.2, 0) is 11.3 Å². The summed E-state index contributed by atoms with van der Waals surface area (Å²) in [6, 6.07) is 0.0339. The second kappa shape index (κ2) is 6.77. The summed E-state index contributed by atoms with van der Waals surface area (Å²) in [4.78, 5) is 18.8. The molecule has 1 N–H and O–H groups in total. The highest BCUT2D eigenvalue weighted by Gasteiger charge is 2.28. The van der Waals surface area contributed by atoms with Crippen molar-refractivity contribution in [2.24, 2.45) is 5.92 Å². The summed E-state index contributed by atoms with van der Waals surface area (Å²) in [5, 5.41) is 6.32. The number of hydrogen-bond acceptors (Lipinski definition) is 4. The fourth-order valence-corrected chi connectivity index (χ4v) is 3.97. The van der Waals surface area contributed by atoms with E-state index in [0.29, 0.717) is 18.6 Å². The van der Waals surface area contributed by atoms with Gasteiger partial charge in [0.25, 0.3) is 0 Å². The zero-order valence-corrected chi connectivity index (χ0v) is 14.3. The van der Waals surface area contributed by atoms with Gasteiger partial charge in [-0.25, -0.2) is 9.78 Å². The number of thiazole rings is 1. The third-order valence-electron chi connectivity index (χ3n) is 4.91. The first kappa shape index (κ1) is 15.4. The molecule has 0 aromatic carbocycles. The van der Waals surface area contributed by atoms with Gasteiger partial charge < -0.3 is 15.0 Å². The van der Waals surface area contributed by atoms with Crippen LogP contribution in [0.25, 0.3) is 0 Å². The maximum Gasteiger partial charge on any atom is 0.317 e. The summed E-state index contributed by atoms with van der Waals surface area (Å²) in [5.74, 6) is 1.51. The molecule has 0 bridgehead atoms. The van der Waals surface area contributed by atoms with E-state index in [-0.39, 0.29) is 6.03 Å². The van der Waals surface area contributed by atoms with E-state index in [4.69, 9.17) is 4.74 Å². The van der Waals surface area contributed by atoms with Crippen LogP contribution in [0.4, 0.5) is 4.79 Å². The van der Waals surface area contributed by atoms with Crippen LogP contribution in [0.3, 0.4) is 0 Å². The average molecular weight is 335 g/mol. The van der Waals surface area contributed by atoms with E-state index >= 15 is 0 Å². The van der Waals surface area contributed by atoms with E-state index in [0.717, 1.165) is 44.1 Å². The van der Waals surface area contributed by atoms with Crippen LogP contribution < -0.4 is 5.32 Å². The minimum Gasteiger partial charge on any atom is -0.378 e. The quantitative estimate of drug-likeness (QED) is 0.869. The van der Waals surface area contributed by atoms with Crippen LogP contribution in [0.5, 0.6) is 0 Å². The first-order chi connectivity index (χ1) is 11.3. The topological polar surface area (TPSA) is 54.5 Å². The van der Waals surface area contributed by atoms with Crippen molar-refractivity contribution >= 4 is 17.4 Å². The van der Waals surface area contributed by atoms with Crippen molar-refractivity contribution < 1.29 is 9.53 Å². The number of carbonyl (C=O) groups is 1. The van der Waals surface area contributed by atoms with E-state index < -0.39 is 0 Å². The Labute approximate surface area is 141 Å². The van der Waals surface area contributed by atoms with Crippen LogP contribution >= 0.6 is 11.3 Å². The number of hydrogen-bond donors (Lipinski definition) is 1. The lowest BCUT2D eigenvalue weighted by Crippen LogP contribution is -2.45. The molecule has 0 unspecified atom stereocenters. The molecule has 3 fully saturated rings. The number of aromatic nitrogens is 1. The molecule has 23 heavy (non-hydrogen) atoms. The monoisotopic (exact) mass is 335 g/mol. The van der Waals surface area contributed by atoms with E-state index in [9.17, 15) is 4.79 Å². The van der Waals surface area contributed by atoms with Gasteiger partial charge in [0.2, 0.25) is 0 Å². The Kier molecular flexibility index (Phi) is 4.53. The lowest BCUT2D eigenvalue weighted by Gasteiger charge is -2.32. The van der Waals surface area contributed by atoms with Gasteiger partial charge >= 0.3 is 6.03 Å². The van der Waals surface area contributed by atoms with Crippen LogP contribution in [0.15, 0.2) is 5.38 Å². The van der Waals surface area contributed by atoms with E-state index in [1.165, 1.54) is 30.7 Å². The predicted molar refractivity (Wildman–Crippen MR) is 89.6 cm³/mol. The number of piperidine rings is 1. The van der Waals surface area contributed by atoms with Crippen LogP contribution in [0, 0.1) is 5.92 Å². The lowest BCUT2D eigenvalue weighted by molar-refractivity contribution is 0.00945. The highest BCUT2D eigenvalue weighted by molar-refractivity contribution is 7.09. The van der Waals surface area contributed by atoms with Crippen molar-refractivity contribution in [3.63, 3.8) is 0 Å². The molecule has 1 aliphatic heterocycles. The second-order valence-corrected chi connectivity index (χ2v) is 7.96. The maximum absolute atomic E-state index is 12.3. The zero-order chi connectivity index (χ0) is 15.6. The number of amides is 2. The van der Waals surface area contributed by atoms with Gasteiger partial charge in [0.1, 0.15) is 0 Å². The highest BCUT2D eigenvalue weighted by atomic mass is 32.1. The Balaban J connectivity index is 1.17. The van der Waals surface area contributed by atoms with Crippen LogP contribution in [0.1, 0.15) is 55.1 Å². The van der Waals surface area contributed by atoms with Gasteiger partial charge in [0, 0.05) is 31.0 Å². The fourth-order valence-electron chi connectivity index (χ4n) is 2.98. The molecule has 2 heterocycles. The molecular weight excluding hydrogens is 310 g/mol. The summed E-state index contributed by atoms with van der Waals surface area (Å²) < 4.78 is 5.93. The fraction of sp³-hybridized carbons (Fsp3) is 0.765. The molecular formula is C17H25N3O2S. The molecule has 0 radical (unpaired) electrons. The lowest BCUT2D eigenvalue weighted by atomic mass is 10.1. The zero-order valence-electron chi connectivity index (χ0n) is 13.5. The molecule has 2 saturated carbocycles. The first-order valence-corrected chi connectivity index (χ1v) is 9.74. The SMILES string of the molecule is O=C(NCc1csc(C2CC2)n1)N1CCC(OCC2CC2)CC1. The molecule has 5 nitrogen and oxygen atoms in total. The summed E-state index contributed by atoms with van der Waals surface area (Å²) >= 11 is 1.73. The van der Waals surface area contributed by atoms with Gasteiger partial charge in [-0.2, -0.15) is 0 Å². The molecule has 2 aliphatic carbocycles. The minimum atomic E-state index is 0.0339. The van der Waals surface area contributed by atoms with Gasteiger partial charge in [-0.3, -0.25) is 0 Å². The first-order valence-electron chi connectivity index (χ1n) is 8.86. The molecule has 126 valence electrons. The molecule has 4 rings (SSSR count). The smallest absolute Gasteiger partial charge is 0.317 e. The van der Waals surface area contributed by atoms with Gasteiger partial charge in [0.05, 0.1) is 23.4 Å². The normalized spacial score (nSPS) is 22.3. The van der Waals surface area contributed by atoms with Crippen molar-refractivity contribution in [2.75, 3.05) is 19.7 Å². The van der Waals surface area contributed by atoms with Crippen molar-refractivity contribution in [3.8, 4) is 0 Å². The molecule has 6 heteroatoms. The third-order valence-corrected chi connectivity index (χ3v) is 5.97. The van der Waals surface area contributed by atoms with Gasteiger partial charge in [-0.15, -0.1) is 11.3 Å². The Hall–Kier alpha value is -1.14. The minimum absolute atomic E-state index is 0.0339. The van der Waals surface area contributed by atoms with E-state index in [1.54, 1.807) is 11.3 Å². The van der Waals surface area contributed by atoms with E-state index in [1.807, 2.05) is 4.90 Å². The predicted octanol–water partition coefficient (Wildman–Crippen LogP) is 3.12. The van der Waals surface area contributed by atoms with Gasteiger partial charge in [-0.05, 0) is 44.4 Å². The molecule has 0 atom stereocenters. The number of likely N-dealkylation sites (tertiary alicyclic amines) is 1. The van der Waals surface area contributed by atoms with Crippen molar-refractivity contribution in [3.05, 3.63) is 16.1 Å². The van der Waals surface area contributed by atoms with Gasteiger partial charge in [0.15, 0.2) is 0 Å². The van der Waals surface area contributed by atoms with Gasteiger partial charge in [-0.1, -0.05) is 0 Å². The highest BCUT2D eigenvalue weighted by Crippen LogP contribution is 2.41. The van der Waals surface area contributed by atoms with Crippen LogP contribution in [-0.4, -0.2) is 41.7 Å². The maximum atomic E-state index is 12.3. The summed E-state index contributed by atoms with van der Waals surface area (Å²) in [5.41, 5.74) is 0.993. The van der Waals surface area contributed by atoms with Crippen molar-refractivity contribution in [1.82, 2.24) is 15.2 Å². The molecule has 1 aromatic heterocycles. The summed E-state index contributed by atoms with van der Waals surface area (Å²) in [6.07, 6.45) is 7.49. The van der Waals surface area contributed by atoms with E-state index in [2.05, 4.69) is 15.7 Å². The number of urea groups is 1. The average Bonchev–Trinajstić information content (AvgIpc) is 3.51. The third kappa shape index (κ3) is 4.23. The van der Waals surface area contributed by atoms with Crippen LogP contribution in [0.2, 0.25) is 0 Å². The Morgan fingerprint density at radius 1 is 1.26 bits per heavy atom. The number of carbonyl (C=O) groups excluding carboxylic acids is 1. The number of ether oxygens (including phenoxy) is 1. The summed E-state index contributed by atoms with van der Waals surface area (Å²) in [6.45, 7) is 3.06. The Bertz CT molecular complexity index is 546. The molecule has 2 amide bonds. The molecule has 0 spiro atoms. The number of nitrogens with zero attached hydrogens (tertiary/aromatic N) is 2. The Morgan fingerprint density at radius 2 is 2.04 bits per heavy atom. The molecule has 1 saturated heterocycles.